The molecular formula is C24H34N4O4S+2. The molecule has 2 saturated heterocycles. The Bertz CT molecular complexity index is 1170. The molecule has 9 heteroatoms. The van der Waals surface area contributed by atoms with Crippen LogP contribution < -0.4 is 24.8 Å². The number of nitrogens with one attached hydrogen (secondary N) is 3. The topological polar surface area (TPSA) is 86.3 Å². The number of pyridine rings is 1. The number of nitrogens with zero attached hydrogens (tertiary/aromatic N) is 1. The lowest BCUT2D eigenvalue weighted by atomic mass is 9.81. The Morgan fingerprint density at radius 2 is 1.79 bits per heavy atom. The van der Waals surface area contributed by atoms with Crippen molar-refractivity contribution in [3.05, 3.63) is 52.4 Å². The van der Waals surface area contributed by atoms with Crippen LogP contribution in [0, 0.1) is 5.92 Å². The minimum Gasteiger partial charge on any atom is -0.497 e. The van der Waals surface area contributed by atoms with Crippen LogP contribution in [0.5, 0.6) is 5.75 Å². The summed E-state index contributed by atoms with van der Waals surface area (Å²) < 4.78 is 36.0. The highest BCUT2D eigenvalue weighted by Crippen LogP contribution is 2.36. The number of hydrogen-bond donors (Lipinski definition) is 3. The molecule has 2 fully saturated rings. The van der Waals surface area contributed by atoms with Gasteiger partial charge in [0.15, 0.2) is 0 Å². The summed E-state index contributed by atoms with van der Waals surface area (Å²) in [6, 6.07) is 10.1. The average Bonchev–Trinajstić information content (AvgIpc) is 2.81. The molecule has 0 amide bonds. The van der Waals surface area contributed by atoms with Gasteiger partial charge >= 0.3 is 0 Å². The summed E-state index contributed by atoms with van der Waals surface area (Å²) in [5, 5.41) is 0. The molecule has 0 saturated carbocycles. The first-order valence-electron chi connectivity index (χ1n) is 11.9. The maximum atomic E-state index is 13.1. The molecule has 33 heavy (non-hydrogen) atoms. The number of likely N-dealkylation sites (tertiary alicyclic amines) is 2. The van der Waals surface area contributed by atoms with Gasteiger partial charge < -0.3 is 19.1 Å². The molecule has 5 rings (SSSR count). The second kappa shape index (κ2) is 8.77. The first-order chi connectivity index (χ1) is 15.8. The molecule has 178 valence electrons. The van der Waals surface area contributed by atoms with Crippen molar-refractivity contribution in [3.8, 4) is 5.75 Å². The maximum absolute atomic E-state index is 13.1. The van der Waals surface area contributed by atoms with Crippen LogP contribution in [-0.4, -0.2) is 59.4 Å². The molecule has 0 radical (unpaired) electrons. The Morgan fingerprint density at radius 1 is 1.06 bits per heavy atom. The second-order valence-corrected chi connectivity index (χ2v) is 11.6. The fraction of sp³-hybridized carbons (Fsp3) is 0.542. The van der Waals surface area contributed by atoms with Gasteiger partial charge in [-0.25, -0.2) is 8.42 Å². The zero-order valence-electron chi connectivity index (χ0n) is 19.3. The van der Waals surface area contributed by atoms with Crippen LogP contribution in [0.3, 0.4) is 0 Å². The van der Waals surface area contributed by atoms with Crippen molar-refractivity contribution >= 4 is 15.7 Å². The van der Waals surface area contributed by atoms with E-state index in [2.05, 4.69) is 11.8 Å². The van der Waals surface area contributed by atoms with Crippen molar-refractivity contribution < 1.29 is 23.0 Å². The van der Waals surface area contributed by atoms with E-state index in [1.807, 2.05) is 4.57 Å². The van der Waals surface area contributed by atoms with Crippen LogP contribution in [-0.2, 0) is 16.6 Å². The number of ether oxygens (including phenoxy) is 1. The molecule has 2 bridgehead atoms. The normalized spacial score (nSPS) is 29.2. The van der Waals surface area contributed by atoms with Gasteiger partial charge in [0.05, 0.1) is 68.6 Å². The zero-order chi connectivity index (χ0) is 23.2. The third kappa shape index (κ3) is 4.41. The van der Waals surface area contributed by atoms with Crippen LogP contribution in [0.15, 0.2) is 46.1 Å². The monoisotopic (exact) mass is 474 g/mol. The van der Waals surface area contributed by atoms with E-state index in [1.165, 1.54) is 44.1 Å². The van der Waals surface area contributed by atoms with Crippen molar-refractivity contribution in [1.82, 2.24) is 4.57 Å². The molecule has 3 N–H and O–H groups in total. The molecular weight excluding hydrogens is 440 g/mol. The number of aromatic nitrogens is 1. The van der Waals surface area contributed by atoms with E-state index in [0.29, 0.717) is 29.9 Å². The van der Waals surface area contributed by atoms with Gasteiger partial charge in [-0.3, -0.25) is 9.52 Å². The average molecular weight is 475 g/mol. The third-order valence-corrected chi connectivity index (χ3v) is 9.14. The number of quaternary nitrogens is 2. The van der Waals surface area contributed by atoms with Crippen LogP contribution in [0.25, 0.3) is 0 Å². The van der Waals surface area contributed by atoms with Crippen LogP contribution in [0.2, 0.25) is 0 Å². The van der Waals surface area contributed by atoms with Crippen LogP contribution >= 0.6 is 0 Å². The minimum atomic E-state index is -3.78. The fourth-order valence-corrected chi connectivity index (χ4v) is 7.14. The Hall–Kier alpha value is -2.36. The number of hydrogen-bond acceptors (Lipinski definition) is 4. The van der Waals surface area contributed by atoms with Gasteiger partial charge in [-0.1, -0.05) is 0 Å². The summed E-state index contributed by atoms with van der Waals surface area (Å²) in [5.74, 6) is 1.25. The van der Waals surface area contributed by atoms with E-state index in [1.54, 1.807) is 35.1 Å². The van der Waals surface area contributed by atoms with Gasteiger partial charge in [0, 0.05) is 31.4 Å². The zero-order valence-corrected chi connectivity index (χ0v) is 20.2. The SMILES string of the molecule is COc1ccc(S(=O)(=O)Nc2ccc(=O)n3c2[C@@H]2C[C@H](C3)C[NH+](C3CC[NH+](C)CC3)C2)cc1. The summed E-state index contributed by atoms with van der Waals surface area (Å²) in [6.45, 7) is 5.16. The largest absolute Gasteiger partial charge is 0.497 e. The number of rotatable bonds is 5. The maximum Gasteiger partial charge on any atom is 0.261 e. The first kappa shape index (κ1) is 22.4. The van der Waals surface area contributed by atoms with Gasteiger partial charge in [-0.15, -0.1) is 0 Å². The highest BCUT2D eigenvalue weighted by Gasteiger charge is 2.42. The van der Waals surface area contributed by atoms with Crippen molar-refractivity contribution in [2.45, 2.75) is 42.7 Å². The van der Waals surface area contributed by atoms with E-state index in [0.717, 1.165) is 25.2 Å². The van der Waals surface area contributed by atoms with E-state index in [4.69, 9.17) is 4.74 Å². The molecule has 1 aromatic heterocycles. The van der Waals surface area contributed by atoms with Gasteiger partial charge in [0.1, 0.15) is 5.75 Å². The molecule has 3 atom stereocenters. The van der Waals surface area contributed by atoms with Gasteiger partial charge in [-0.05, 0) is 36.8 Å². The number of methoxy groups -OCH3 is 1. The summed E-state index contributed by atoms with van der Waals surface area (Å²) in [4.78, 5) is 16.1. The standard InChI is InChI=1S/C24H32N4O4S/c1-26-11-9-19(10-12-26)27-14-17-13-18(16-27)24-22(7-8-23(29)28(24)15-17)25-33(30,31)21-5-3-20(32-2)4-6-21/h3-8,17-19,25H,9-16H2,1-2H3/p+2/t17-,18+/m0/s1. The Kier molecular flexibility index (Phi) is 5.96. The van der Waals surface area contributed by atoms with Crippen molar-refractivity contribution in [2.24, 2.45) is 5.92 Å². The van der Waals surface area contributed by atoms with Crippen molar-refractivity contribution in [3.63, 3.8) is 0 Å². The van der Waals surface area contributed by atoms with E-state index in [9.17, 15) is 13.2 Å². The van der Waals surface area contributed by atoms with Gasteiger partial charge in [0.2, 0.25) is 0 Å². The highest BCUT2D eigenvalue weighted by atomic mass is 32.2. The lowest BCUT2D eigenvalue weighted by Gasteiger charge is -2.44. The molecule has 0 aliphatic carbocycles. The summed E-state index contributed by atoms with van der Waals surface area (Å²) in [7, 11) is 0.0286. The quantitative estimate of drug-likeness (QED) is 0.537. The molecule has 3 aliphatic heterocycles. The summed E-state index contributed by atoms with van der Waals surface area (Å²) in [6.07, 6.45) is 3.49. The van der Waals surface area contributed by atoms with E-state index in [-0.39, 0.29) is 16.4 Å². The van der Waals surface area contributed by atoms with Gasteiger partial charge in [0.25, 0.3) is 15.6 Å². The van der Waals surface area contributed by atoms with Crippen LogP contribution in [0.4, 0.5) is 5.69 Å². The Balaban J connectivity index is 1.44. The molecule has 2 aromatic rings. The Morgan fingerprint density at radius 3 is 2.48 bits per heavy atom. The number of anilines is 1. The summed E-state index contributed by atoms with van der Waals surface area (Å²) in [5.41, 5.74) is 1.34. The number of piperidine rings is 2. The summed E-state index contributed by atoms with van der Waals surface area (Å²) >= 11 is 0. The first-order valence-corrected chi connectivity index (χ1v) is 13.4. The minimum absolute atomic E-state index is 0.0431. The number of fused-ring (bicyclic) bond motifs is 4. The van der Waals surface area contributed by atoms with E-state index >= 15 is 0 Å². The molecule has 1 aromatic carbocycles. The third-order valence-electron chi connectivity index (χ3n) is 7.76. The van der Waals surface area contributed by atoms with Crippen molar-refractivity contribution in [1.29, 1.82) is 0 Å². The molecule has 0 spiro atoms. The molecule has 4 heterocycles. The fourth-order valence-electron chi connectivity index (χ4n) is 6.06. The van der Waals surface area contributed by atoms with E-state index < -0.39 is 10.0 Å². The van der Waals surface area contributed by atoms with Gasteiger partial charge in [-0.2, -0.15) is 0 Å². The number of benzene rings is 1. The molecule has 8 nitrogen and oxygen atoms in total. The Labute approximate surface area is 195 Å². The van der Waals surface area contributed by atoms with Crippen LogP contribution in [0.1, 0.15) is 30.9 Å². The number of sulfonamides is 1. The lowest BCUT2D eigenvalue weighted by Crippen LogP contribution is -3.21. The molecule has 3 aliphatic rings. The van der Waals surface area contributed by atoms with Crippen molar-refractivity contribution in [2.75, 3.05) is 45.1 Å². The highest BCUT2D eigenvalue weighted by molar-refractivity contribution is 7.92. The smallest absolute Gasteiger partial charge is 0.261 e. The predicted octanol–water partition coefficient (Wildman–Crippen LogP) is -0.663. The predicted molar refractivity (Wildman–Crippen MR) is 126 cm³/mol. The second-order valence-electron chi connectivity index (χ2n) is 9.96. The molecule has 1 unspecified atom stereocenters. The lowest BCUT2D eigenvalue weighted by molar-refractivity contribution is -0.959.